The predicted molar refractivity (Wildman–Crippen MR) is 104 cm³/mol. The molecule has 2 aromatic rings. The van der Waals surface area contributed by atoms with Crippen LogP contribution in [0.15, 0.2) is 21.6 Å². The molecule has 29 heavy (non-hydrogen) atoms. The second-order valence-corrected chi connectivity index (χ2v) is 9.59. The summed E-state index contributed by atoms with van der Waals surface area (Å²) in [5.41, 5.74) is 6.31. The summed E-state index contributed by atoms with van der Waals surface area (Å²) in [4.78, 5) is 38.3. The van der Waals surface area contributed by atoms with Gasteiger partial charge in [0.25, 0.3) is 0 Å². The van der Waals surface area contributed by atoms with E-state index in [1.165, 1.54) is 50.8 Å². The third kappa shape index (κ3) is 3.97. The fourth-order valence-electron chi connectivity index (χ4n) is 2.97. The highest BCUT2D eigenvalue weighted by Crippen LogP contribution is 2.41. The summed E-state index contributed by atoms with van der Waals surface area (Å²) in [6.07, 6.45) is 1.30. The van der Waals surface area contributed by atoms with Gasteiger partial charge in [-0.05, 0) is 28.3 Å². The molecule has 4 rings (SSSR count). The Balaban J connectivity index is 1.42. The number of hydrogen-bond acceptors (Lipinski definition) is 11. The van der Waals surface area contributed by atoms with Gasteiger partial charge in [-0.1, -0.05) is 23.1 Å². The molecule has 3 atom stereocenters. The number of hydrogen-bond donors (Lipinski definition) is 2. The normalized spacial score (nSPS) is 23.2. The fourth-order valence-corrected chi connectivity index (χ4v) is 6.12. The third-order valence-electron chi connectivity index (χ3n) is 4.22. The average molecular weight is 454 g/mol. The highest BCUT2D eigenvalue weighted by Gasteiger charge is 2.55. The summed E-state index contributed by atoms with van der Waals surface area (Å²) in [6.45, 7) is 1.76. The minimum absolute atomic E-state index is 0.105. The molecular weight excluding hydrogens is 438 g/mol. The second kappa shape index (κ2) is 8.08. The second-order valence-electron chi connectivity index (χ2n) is 6.20. The lowest BCUT2D eigenvalue weighted by molar-refractivity contribution is -0.154. The van der Waals surface area contributed by atoms with Crippen LogP contribution in [0.3, 0.4) is 0 Å². The van der Waals surface area contributed by atoms with Crippen molar-refractivity contribution >= 4 is 52.6 Å². The molecule has 3 amide bonds. The number of rotatable bonds is 7. The van der Waals surface area contributed by atoms with Gasteiger partial charge < -0.3 is 16.0 Å². The Morgan fingerprint density at radius 3 is 2.86 bits per heavy atom. The number of carbonyl (C=O) groups is 3. The molecule has 0 bridgehead atoms. The molecule has 0 aliphatic carbocycles. The summed E-state index contributed by atoms with van der Waals surface area (Å²) in [5.74, 6) is -0.896. The van der Waals surface area contributed by atoms with Crippen LogP contribution in [-0.2, 0) is 20.9 Å². The van der Waals surface area contributed by atoms with Crippen molar-refractivity contribution in [2.75, 3.05) is 5.75 Å². The lowest BCUT2D eigenvalue weighted by Gasteiger charge is -2.51. The van der Waals surface area contributed by atoms with E-state index in [0.29, 0.717) is 5.75 Å². The number of primary amides is 1. The molecule has 1 saturated heterocycles. The molecule has 2 aromatic heterocycles. The first-order valence-electron chi connectivity index (χ1n) is 8.33. The van der Waals surface area contributed by atoms with Crippen LogP contribution < -0.4 is 11.1 Å². The van der Waals surface area contributed by atoms with Crippen LogP contribution in [0.2, 0.25) is 0 Å². The minimum atomic E-state index is -0.845. The number of aromatic nitrogens is 6. The van der Waals surface area contributed by atoms with Crippen molar-refractivity contribution in [2.45, 2.75) is 35.3 Å². The molecule has 2 aliphatic rings. The van der Waals surface area contributed by atoms with Crippen LogP contribution in [0.1, 0.15) is 5.01 Å². The van der Waals surface area contributed by atoms with Gasteiger partial charge in [-0.3, -0.25) is 14.4 Å². The summed E-state index contributed by atoms with van der Waals surface area (Å²) >= 11 is 4.27. The zero-order valence-corrected chi connectivity index (χ0v) is 17.4. The van der Waals surface area contributed by atoms with Crippen molar-refractivity contribution in [3.8, 4) is 0 Å². The van der Waals surface area contributed by atoms with Crippen LogP contribution in [0.5, 0.6) is 0 Å². The van der Waals surface area contributed by atoms with Crippen LogP contribution in [0.25, 0.3) is 0 Å². The Bertz CT molecular complexity index is 976. The Hall–Kier alpha value is -2.52. The number of thioether (sulfide) groups is 2. The first-order valence-corrected chi connectivity index (χ1v) is 11.1. The van der Waals surface area contributed by atoms with Gasteiger partial charge in [-0.2, -0.15) is 0 Å². The maximum Gasteiger partial charge on any atom is 0.250 e. The summed E-state index contributed by atoms with van der Waals surface area (Å²) < 4.78 is 2.03. The molecule has 0 aromatic carbocycles. The predicted octanol–water partition coefficient (Wildman–Crippen LogP) is -1.24. The SMILES string of the molecule is Cc1nnc(SCC2=CS[C@@H]3[C@H](NC(=O)Cn4cnnn4)C(=O)N3C2C(N)=O)s1. The van der Waals surface area contributed by atoms with Gasteiger partial charge in [-0.15, -0.1) is 27.1 Å². The number of fused-ring (bicyclic) bond motifs is 1. The molecular formula is C14H15N9O3S3. The van der Waals surface area contributed by atoms with E-state index in [1.807, 2.05) is 12.3 Å². The zero-order chi connectivity index (χ0) is 20.5. The lowest BCUT2D eigenvalue weighted by Crippen LogP contribution is -2.74. The van der Waals surface area contributed by atoms with Crippen LogP contribution in [0, 0.1) is 6.92 Å². The van der Waals surface area contributed by atoms with E-state index in [1.54, 1.807) is 0 Å². The van der Waals surface area contributed by atoms with Crippen molar-refractivity contribution < 1.29 is 14.4 Å². The molecule has 1 fully saturated rings. The molecule has 152 valence electrons. The zero-order valence-electron chi connectivity index (χ0n) is 15.0. The molecule has 1 unspecified atom stereocenters. The fraction of sp³-hybridized carbons (Fsp3) is 0.429. The topological polar surface area (TPSA) is 162 Å². The Kier molecular flexibility index (Phi) is 5.51. The molecule has 12 nitrogen and oxygen atoms in total. The van der Waals surface area contributed by atoms with Crippen LogP contribution in [-0.4, -0.2) is 76.2 Å². The minimum Gasteiger partial charge on any atom is -0.368 e. The first kappa shape index (κ1) is 19.8. The van der Waals surface area contributed by atoms with E-state index in [4.69, 9.17) is 5.73 Å². The van der Waals surface area contributed by atoms with Crippen molar-refractivity contribution in [3.05, 3.63) is 22.3 Å². The van der Waals surface area contributed by atoms with E-state index in [0.717, 1.165) is 14.9 Å². The third-order valence-corrected chi connectivity index (χ3v) is 7.48. The van der Waals surface area contributed by atoms with Gasteiger partial charge in [0, 0.05) is 5.75 Å². The van der Waals surface area contributed by atoms with Gasteiger partial charge in [0.05, 0.1) is 0 Å². The molecule has 0 radical (unpaired) electrons. The van der Waals surface area contributed by atoms with E-state index < -0.39 is 29.3 Å². The maximum atomic E-state index is 12.7. The number of amides is 3. The van der Waals surface area contributed by atoms with Crippen molar-refractivity contribution in [3.63, 3.8) is 0 Å². The number of nitrogens with two attached hydrogens (primary N) is 1. The average Bonchev–Trinajstić information content (AvgIpc) is 3.35. The highest BCUT2D eigenvalue weighted by molar-refractivity contribution is 8.03. The molecule has 0 spiro atoms. The quantitative estimate of drug-likeness (QED) is 0.383. The summed E-state index contributed by atoms with van der Waals surface area (Å²) in [5, 5.41) is 23.5. The molecule has 2 aliphatic heterocycles. The first-order chi connectivity index (χ1) is 13.9. The smallest absolute Gasteiger partial charge is 0.250 e. The molecule has 0 saturated carbocycles. The number of carbonyl (C=O) groups excluding carboxylic acids is 3. The molecule has 3 N–H and O–H groups in total. The largest absolute Gasteiger partial charge is 0.368 e. The lowest BCUT2D eigenvalue weighted by atomic mass is 9.98. The van der Waals surface area contributed by atoms with E-state index in [9.17, 15) is 14.4 Å². The van der Waals surface area contributed by atoms with Crippen LogP contribution >= 0.6 is 34.9 Å². The Morgan fingerprint density at radius 2 is 2.21 bits per heavy atom. The monoisotopic (exact) mass is 453 g/mol. The van der Waals surface area contributed by atoms with Gasteiger partial charge >= 0.3 is 0 Å². The van der Waals surface area contributed by atoms with Gasteiger partial charge in [-0.25, -0.2) is 4.68 Å². The van der Waals surface area contributed by atoms with E-state index in [-0.39, 0.29) is 12.5 Å². The number of nitrogens with zero attached hydrogens (tertiary/aromatic N) is 7. The van der Waals surface area contributed by atoms with Gasteiger partial charge in [0.1, 0.15) is 35.3 Å². The molecule has 15 heteroatoms. The van der Waals surface area contributed by atoms with Crippen molar-refractivity contribution in [2.24, 2.45) is 5.73 Å². The van der Waals surface area contributed by atoms with E-state index >= 15 is 0 Å². The van der Waals surface area contributed by atoms with E-state index in [2.05, 4.69) is 31.0 Å². The summed E-state index contributed by atoms with van der Waals surface area (Å²) in [6, 6.07) is -1.58. The maximum absolute atomic E-state index is 12.7. The summed E-state index contributed by atoms with van der Waals surface area (Å²) in [7, 11) is 0. The van der Waals surface area contributed by atoms with Crippen LogP contribution in [0.4, 0.5) is 0 Å². The van der Waals surface area contributed by atoms with Gasteiger partial charge in [0.2, 0.25) is 17.7 Å². The number of β-lactam (4-membered cyclic amide) rings is 1. The highest BCUT2D eigenvalue weighted by atomic mass is 32.2. The standard InChI is InChI=1S/C14H15N9O3S3/c1-6-18-19-14(29-6)28-4-7-3-27-13-9(12(26)23(13)10(7)11(15)25)17-8(24)2-22-5-16-20-21-22/h3,5,9-10,13H,2,4H2,1H3,(H2,15,25)(H,17,24)/t9-,10?,13-/m1/s1. The Labute approximate surface area is 176 Å². The number of aryl methyl sites for hydroxylation is 1. The van der Waals surface area contributed by atoms with Crippen molar-refractivity contribution in [1.82, 2.24) is 40.6 Å². The van der Waals surface area contributed by atoms with Gasteiger partial charge in [0.15, 0.2) is 4.34 Å². The van der Waals surface area contributed by atoms with Crippen molar-refractivity contribution in [1.29, 1.82) is 0 Å². The number of tetrazole rings is 1. The Morgan fingerprint density at radius 1 is 1.38 bits per heavy atom. The molecule has 4 heterocycles. The number of nitrogens with one attached hydrogen (secondary N) is 1.